The number of carbonyl (C=O) groups excluding carboxylic acids is 1. The van der Waals surface area contributed by atoms with Gasteiger partial charge in [0.25, 0.3) is 5.78 Å². The maximum absolute atomic E-state index is 13.2. The van der Waals surface area contributed by atoms with Crippen LogP contribution in [0.3, 0.4) is 0 Å². The molecule has 0 radical (unpaired) electrons. The smallest absolute Gasteiger partial charge is 0.455 e. The molecule has 1 aromatic rings. The van der Waals surface area contributed by atoms with E-state index in [1.165, 1.54) is 0 Å². The number of ketones is 1. The number of hydrogen-bond donors (Lipinski definition) is 2. The molecule has 0 saturated heterocycles. The Labute approximate surface area is 112 Å². The SMILES string of the molecule is O=C(C=NNc1cc(O)c(I)cc1F)C(F)(F)F. The van der Waals surface area contributed by atoms with Gasteiger partial charge < -0.3 is 5.11 Å². The van der Waals surface area contributed by atoms with Crippen LogP contribution < -0.4 is 5.43 Å². The van der Waals surface area contributed by atoms with Gasteiger partial charge in [0.15, 0.2) is 0 Å². The predicted molar refractivity (Wildman–Crippen MR) is 64.0 cm³/mol. The van der Waals surface area contributed by atoms with Gasteiger partial charge in [-0.1, -0.05) is 0 Å². The number of phenols is 1. The fraction of sp³-hybridized carbons (Fsp3) is 0.111. The summed E-state index contributed by atoms with van der Waals surface area (Å²) in [6.07, 6.45) is -5.05. The van der Waals surface area contributed by atoms with E-state index in [9.17, 15) is 27.5 Å². The topological polar surface area (TPSA) is 61.7 Å². The number of rotatable bonds is 3. The Balaban J connectivity index is 2.79. The number of anilines is 1. The number of halogens is 5. The predicted octanol–water partition coefficient (Wildman–Crippen LogP) is 2.67. The van der Waals surface area contributed by atoms with Crippen LogP contribution in [0.1, 0.15) is 0 Å². The third-order valence-electron chi connectivity index (χ3n) is 1.68. The lowest BCUT2D eigenvalue weighted by molar-refractivity contribution is -0.162. The molecule has 1 aromatic carbocycles. The van der Waals surface area contributed by atoms with Gasteiger partial charge >= 0.3 is 6.18 Å². The number of nitrogens with one attached hydrogen (secondary N) is 1. The van der Waals surface area contributed by atoms with Gasteiger partial charge in [-0.15, -0.1) is 0 Å². The third-order valence-corrected chi connectivity index (χ3v) is 2.55. The summed E-state index contributed by atoms with van der Waals surface area (Å²) in [5.41, 5.74) is 1.55. The average Bonchev–Trinajstić information content (AvgIpc) is 2.23. The van der Waals surface area contributed by atoms with E-state index in [-0.39, 0.29) is 21.2 Å². The van der Waals surface area contributed by atoms with E-state index in [2.05, 4.69) is 5.10 Å². The van der Waals surface area contributed by atoms with Crippen molar-refractivity contribution in [1.29, 1.82) is 0 Å². The molecule has 0 aliphatic carbocycles. The molecule has 4 nitrogen and oxygen atoms in total. The monoisotopic (exact) mass is 376 g/mol. The molecule has 0 aliphatic heterocycles. The maximum Gasteiger partial charge on any atom is 0.455 e. The van der Waals surface area contributed by atoms with Crippen LogP contribution in [0.25, 0.3) is 0 Å². The zero-order valence-corrected chi connectivity index (χ0v) is 10.6. The summed E-state index contributed by atoms with van der Waals surface area (Å²) in [5.74, 6) is -3.27. The molecule has 98 valence electrons. The van der Waals surface area contributed by atoms with Gasteiger partial charge in [-0.05, 0) is 28.7 Å². The van der Waals surface area contributed by atoms with Crippen LogP contribution in [0.15, 0.2) is 17.2 Å². The van der Waals surface area contributed by atoms with Crippen LogP contribution in [0.5, 0.6) is 5.75 Å². The number of aromatic hydroxyl groups is 1. The van der Waals surface area contributed by atoms with Crippen molar-refractivity contribution in [3.8, 4) is 5.75 Å². The number of carbonyl (C=O) groups is 1. The van der Waals surface area contributed by atoms with Crippen LogP contribution in [-0.4, -0.2) is 23.3 Å². The van der Waals surface area contributed by atoms with Crippen LogP contribution in [0.4, 0.5) is 23.2 Å². The highest BCUT2D eigenvalue weighted by atomic mass is 127. The molecule has 9 heteroatoms. The van der Waals surface area contributed by atoms with Gasteiger partial charge in [-0.3, -0.25) is 10.2 Å². The highest BCUT2D eigenvalue weighted by Crippen LogP contribution is 2.26. The summed E-state index contributed by atoms with van der Waals surface area (Å²) in [6, 6.07) is 1.89. The first-order chi connectivity index (χ1) is 8.21. The number of hydrogen-bond acceptors (Lipinski definition) is 4. The second-order valence-electron chi connectivity index (χ2n) is 3.02. The molecule has 0 aromatic heterocycles. The minimum absolute atomic E-state index is 0.0194. The van der Waals surface area contributed by atoms with Gasteiger partial charge in [-0.2, -0.15) is 18.3 Å². The first-order valence-electron chi connectivity index (χ1n) is 4.30. The number of benzene rings is 1. The summed E-state index contributed by atoms with van der Waals surface area (Å²) >= 11 is 1.67. The Morgan fingerprint density at radius 3 is 2.61 bits per heavy atom. The van der Waals surface area contributed by atoms with E-state index in [1.54, 1.807) is 22.6 Å². The number of phenolic OH excluding ortho intramolecular Hbond substituents is 1. The average molecular weight is 376 g/mol. The van der Waals surface area contributed by atoms with Crippen LogP contribution in [0, 0.1) is 9.39 Å². The third kappa shape index (κ3) is 3.82. The second kappa shape index (κ2) is 5.50. The number of Topliss-reactive ketones (excluding diaryl/α,β-unsaturated/α-hetero) is 1. The van der Waals surface area contributed by atoms with Crippen molar-refractivity contribution in [1.82, 2.24) is 0 Å². The molecule has 0 fully saturated rings. The molecule has 18 heavy (non-hydrogen) atoms. The lowest BCUT2D eigenvalue weighted by Gasteiger charge is -2.04. The van der Waals surface area contributed by atoms with Crippen molar-refractivity contribution in [3.63, 3.8) is 0 Å². The molecule has 1 rings (SSSR count). The molecule has 0 saturated carbocycles. The van der Waals surface area contributed by atoms with E-state index >= 15 is 0 Å². The van der Waals surface area contributed by atoms with Crippen LogP contribution >= 0.6 is 22.6 Å². The van der Waals surface area contributed by atoms with E-state index < -0.39 is 17.8 Å². The fourth-order valence-electron chi connectivity index (χ4n) is 0.857. The lowest BCUT2D eigenvalue weighted by Crippen LogP contribution is -2.24. The minimum atomic E-state index is -5.03. The van der Waals surface area contributed by atoms with Gasteiger partial charge in [0.05, 0.1) is 15.5 Å². The summed E-state index contributed by atoms with van der Waals surface area (Å²) < 4.78 is 48.8. The number of nitrogens with zero attached hydrogens (tertiary/aromatic N) is 1. The Morgan fingerprint density at radius 1 is 1.44 bits per heavy atom. The van der Waals surface area contributed by atoms with Gasteiger partial charge in [-0.25, -0.2) is 4.39 Å². The number of alkyl halides is 3. The molecule has 0 spiro atoms. The van der Waals surface area contributed by atoms with Crippen molar-refractivity contribution in [2.45, 2.75) is 6.18 Å². The fourth-order valence-corrected chi connectivity index (χ4v) is 1.29. The highest BCUT2D eigenvalue weighted by molar-refractivity contribution is 14.1. The quantitative estimate of drug-likeness (QED) is 0.369. The molecule has 0 bridgehead atoms. The van der Waals surface area contributed by atoms with Crippen molar-refractivity contribution < 1.29 is 27.5 Å². The largest absolute Gasteiger partial charge is 0.507 e. The van der Waals surface area contributed by atoms with Crippen LogP contribution in [0.2, 0.25) is 0 Å². The van der Waals surface area contributed by atoms with Crippen molar-refractivity contribution >= 4 is 40.3 Å². The van der Waals surface area contributed by atoms with Crippen molar-refractivity contribution in [3.05, 3.63) is 21.5 Å². The van der Waals surface area contributed by atoms with E-state index in [1.807, 2.05) is 5.43 Å². The van der Waals surface area contributed by atoms with Gasteiger partial charge in [0.2, 0.25) is 0 Å². The van der Waals surface area contributed by atoms with E-state index in [0.29, 0.717) is 0 Å². The Kier molecular flexibility index (Phi) is 4.48. The minimum Gasteiger partial charge on any atom is -0.507 e. The molecular weight excluding hydrogens is 371 g/mol. The Bertz CT molecular complexity index is 502. The number of hydrazone groups is 1. The molecular formula is C9H5F4IN2O2. The first kappa shape index (κ1) is 14.7. The normalized spacial score (nSPS) is 11.8. The van der Waals surface area contributed by atoms with E-state index in [4.69, 9.17) is 0 Å². The molecule has 0 amide bonds. The molecule has 0 aliphatic rings. The Hall–Kier alpha value is -1.39. The lowest BCUT2D eigenvalue weighted by atomic mass is 10.3. The maximum atomic E-state index is 13.2. The van der Waals surface area contributed by atoms with Crippen LogP contribution in [-0.2, 0) is 4.79 Å². The first-order valence-corrected chi connectivity index (χ1v) is 5.38. The van der Waals surface area contributed by atoms with E-state index in [0.717, 1.165) is 12.1 Å². The molecule has 0 heterocycles. The summed E-state index contributed by atoms with van der Waals surface area (Å²) in [5, 5.41) is 12.2. The second-order valence-corrected chi connectivity index (χ2v) is 4.18. The summed E-state index contributed by atoms with van der Waals surface area (Å²) in [4.78, 5) is 10.4. The van der Waals surface area contributed by atoms with Crippen molar-refractivity contribution in [2.24, 2.45) is 5.10 Å². The molecule has 0 atom stereocenters. The Morgan fingerprint density at radius 2 is 2.06 bits per heavy atom. The standard InChI is InChI=1S/C9H5F4IN2O2/c10-4-1-5(14)7(17)2-6(4)16-15-3-8(18)9(11,12)13/h1-3,16-17H. The summed E-state index contributed by atoms with van der Waals surface area (Å²) in [7, 11) is 0. The zero-order chi connectivity index (χ0) is 13.9. The van der Waals surface area contributed by atoms with Gasteiger partial charge in [0, 0.05) is 6.07 Å². The van der Waals surface area contributed by atoms with Gasteiger partial charge in [0.1, 0.15) is 11.6 Å². The molecule has 0 unspecified atom stereocenters. The zero-order valence-electron chi connectivity index (χ0n) is 8.42. The highest BCUT2D eigenvalue weighted by Gasteiger charge is 2.36. The van der Waals surface area contributed by atoms with Crippen molar-refractivity contribution in [2.75, 3.05) is 5.43 Å². The molecule has 2 N–H and O–H groups in total. The summed E-state index contributed by atoms with van der Waals surface area (Å²) in [6.45, 7) is 0.